The Morgan fingerprint density at radius 2 is 2.16 bits per heavy atom. The first-order chi connectivity index (χ1) is 12.1. The number of aliphatic hydroxyl groups is 1. The monoisotopic (exact) mass is 342 g/mol. The fraction of sp³-hybridized carbons (Fsp3) is 0.474. The summed E-state index contributed by atoms with van der Waals surface area (Å²) in [4.78, 5) is 14.1. The number of nitrogens with zero attached hydrogens (tertiary/aromatic N) is 2. The number of amides is 1. The number of likely N-dealkylation sites (tertiary alicyclic amines) is 1. The fourth-order valence-corrected chi connectivity index (χ4v) is 3.37. The summed E-state index contributed by atoms with van der Waals surface area (Å²) in [5, 5.41) is 20.4. The van der Waals surface area contributed by atoms with Crippen LogP contribution in [0.25, 0.3) is 0 Å². The molecular weight excluding hydrogens is 316 g/mol. The lowest BCUT2D eigenvalue weighted by Crippen LogP contribution is -2.37. The van der Waals surface area contributed by atoms with Crippen LogP contribution in [0.5, 0.6) is 0 Å². The molecule has 6 heteroatoms. The van der Waals surface area contributed by atoms with E-state index in [1.807, 2.05) is 36.1 Å². The van der Waals surface area contributed by atoms with Crippen molar-refractivity contribution in [2.75, 3.05) is 26.2 Å². The summed E-state index contributed by atoms with van der Waals surface area (Å²) in [7, 11) is 0. The molecule has 2 aromatic rings. The molecule has 2 unspecified atom stereocenters. The number of aromatic amines is 1. The Morgan fingerprint density at radius 3 is 2.88 bits per heavy atom. The zero-order valence-corrected chi connectivity index (χ0v) is 14.6. The number of benzene rings is 1. The van der Waals surface area contributed by atoms with Gasteiger partial charge < -0.3 is 10.4 Å². The van der Waals surface area contributed by atoms with E-state index < -0.39 is 6.10 Å². The Labute approximate surface area is 148 Å². The van der Waals surface area contributed by atoms with Crippen LogP contribution in [-0.2, 0) is 17.6 Å². The molecule has 1 saturated heterocycles. The van der Waals surface area contributed by atoms with E-state index in [1.165, 1.54) is 5.56 Å². The molecule has 6 nitrogen and oxygen atoms in total. The van der Waals surface area contributed by atoms with Gasteiger partial charge in [0, 0.05) is 31.2 Å². The highest BCUT2D eigenvalue weighted by atomic mass is 16.3. The topological polar surface area (TPSA) is 81.2 Å². The summed E-state index contributed by atoms with van der Waals surface area (Å²) in [5.41, 5.74) is 3.21. The maximum atomic E-state index is 12.1. The first-order valence-corrected chi connectivity index (χ1v) is 8.82. The third-order valence-electron chi connectivity index (χ3n) is 4.66. The summed E-state index contributed by atoms with van der Waals surface area (Å²) in [6.07, 6.45) is 1.16. The Kier molecular flexibility index (Phi) is 5.83. The van der Waals surface area contributed by atoms with Crippen LogP contribution >= 0.6 is 0 Å². The lowest BCUT2D eigenvalue weighted by molar-refractivity contribution is -0.122. The van der Waals surface area contributed by atoms with Crippen molar-refractivity contribution >= 4 is 5.91 Å². The average Bonchev–Trinajstić information content (AvgIpc) is 3.14. The first-order valence-electron chi connectivity index (χ1n) is 8.82. The highest BCUT2D eigenvalue weighted by Crippen LogP contribution is 2.20. The summed E-state index contributed by atoms with van der Waals surface area (Å²) < 4.78 is 0. The third-order valence-corrected chi connectivity index (χ3v) is 4.66. The Balaban J connectivity index is 1.40. The molecular formula is C19H26N4O2. The number of hydrogen-bond donors (Lipinski definition) is 3. The standard InChI is InChI=1S/C19H26N4O2/c1-14-9-17(22-21-14)10-16-11-23(12-18(16)24)13-19(25)20-8-7-15-5-3-2-4-6-15/h2-6,9,16,18,24H,7-8,10-13H2,1H3,(H,20,25)(H,21,22). The van der Waals surface area contributed by atoms with E-state index >= 15 is 0 Å². The summed E-state index contributed by atoms with van der Waals surface area (Å²) in [5.74, 6) is 0.138. The van der Waals surface area contributed by atoms with Gasteiger partial charge in [-0.1, -0.05) is 30.3 Å². The molecule has 0 saturated carbocycles. The normalized spacial score (nSPS) is 20.7. The van der Waals surface area contributed by atoms with Crippen LogP contribution in [-0.4, -0.2) is 58.4 Å². The molecule has 1 aromatic carbocycles. The Hall–Kier alpha value is -2.18. The van der Waals surface area contributed by atoms with Gasteiger partial charge in [-0.05, 0) is 31.4 Å². The maximum Gasteiger partial charge on any atom is 0.234 e. The number of rotatable bonds is 7. The number of aryl methyl sites for hydroxylation is 1. The molecule has 1 aromatic heterocycles. The van der Waals surface area contributed by atoms with E-state index in [0.717, 1.165) is 30.8 Å². The number of aromatic nitrogens is 2. The quantitative estimate of drug-likeness (QED) is 0.699. The number of H-pyrrole nitrogens is 1. The zero-order valence-electron chi connectivity index (χ0n) is 14.6. The van der Waals surface area contributed by atoms with Crippen molar-refractivity contribution in [1.29, 1.82) is 0 Å². The molecule has 2 atom stereocenters. The summed E-state index contributed by atoms with van der Waals surface area (Å²) in [6, 6.07) is 12.1. The van der Waals surface area contributed by atoms with Gasteiger partial charge in [-0.25, -0.2) is 0 Å². The third kappa shape index (κ3) is 5.14. The van der Waals surface area contributed by atoms with Crippen molar-refractivity contribution < 1.29 is 9.90 Å². The van der Waals surface area contributed by atoms with Crippen LogP contribution in [0, 0.1) is 12.8 Å². The van der Waals surface area contributed by atoms with Gasteiger partial charge >= 0.3 is 0 Å². The van der Waals surface area contributed by atoms with E-state index in [-0.39, 0.29) is 11.8 Å². The lowest BCUT2D eigenvalue weighted by atomic mass is 10.0. The van der Waals surface area contributed by atoms with Gasteiger partial charge in [0.1, 0.15) is 0 Å². The number of aliphatic hydroxyl groups excluding tert-OH is 1. The van der Waals surface area contributed by atoms with Crippen molar-refractivity contribution in [2.45, 2.75) is 25.9 Å². The number of carbonyl (C=O) groups is 1. The van der Waals surface area contributed by atoms with E-state index in [2.05, 4.69) is 27.6 Å². The van der Waals surface area contributed by atoms with E-state index in [9.17, 15) is 9.90 Å². The summed E-state index contributed by atoms with van der Waals surface area (Å²) in [6.45, 7) is 4.20. The van der Waals surface area contributed by atoms with Crippen LogP contribution in [0.1, 0.15) is 17.0 Å². The minimum absolute atomic E-state index is 0.0133. The van der Waals surface area contributed by atoms with E-state index in [0.29, 0.717) is 19.6 Å². The van der Waals surface area contributed by atoms with Crippen LogP contribution < -0.4 is 5.32 Å². The minimum Gasteiger partial charge on any atom is -0.391 e. The minimum atomic E-state index is -0.408. The molecule has 3 rings (SSSR count). The van der Waals surface area contributed by atoms with E-state index in [1.54, 1.807) is 0 Å². The van der Waals surface area contributed by atoms with Crippen LogP contribution in [0.4, 0.5) is 0 Å². The molecule has 3 N–H and O–H groups in total. The second-order valence-electron chi connectivity index (χ2n) is 6.85. The van der Waals surface area contributed by atoms with Gasteiger partial charge in [-0.3, -0.25) is 14.8 Å². The van der Waals surface area contributed by atoms with Gasteiger partial charge in [0.15, 0.2) is 0 Å². The number of β-amino-alcohol motifs (C(OH)–C–C–N with tert-alkyl or cyclic N) is 1. The van der Waals surface area contributed by atoms with E-state index in [4.69, 9.17) is 0 Å². The van der Waals surface area contributed by atoms with Crippen molar-refractivity contribution in [2.24, 2.45) is 5.92 Å². The largest absolute Gasteiger partial charge is 0.391 e. The van der Waals surface area contributed by atoms with Crippen LogP contribution in [0.2, 0.25) is 0 Å². The number of nitrogens with one attached hydrogen (secondary N) is 2. The fourth-order valence-electron chi connectivity index (χ4n) is 3.37. The SMILES string of the molecule is Cc1cc(CC2CN(CC(=O)NCCc3ccccc3)CC2O)n[nH]1. The van der Waals surface area contributed by atoms with Gasteiger partial charge in [-0.2, -0.15) is 5.10 Å². The zero-order chi connectivity index (χ0) is 17.6. The number of hydrogen-bond acceptors (Lipinski definition) is 4. The average molecular weight is 342 g/mol. The molecule has 0 spiro atoms. The second-order valence-corrected chi connectivity index (χ2v) is 6.85. The highest BCUT2D eigenvalue weighted by Gasteiger charge is 2.32. The Morgan fingerprint density at radius 1 is 1.36 bits per heavy atom. The molecule has 1 aliphatic heterocycles. The second kappa shape index (κ2) is 8.27. The van der Waals surface area contributed by atoms with Crippen molar-refractivity contribution in [1.82, 2.24) is 20.4 Å². The predicted octanol–water partition coefficient (Wildman–Crippen LogP) is 0.912. The molecule has 134 valence electrons. The molecule has 0 aliphatic carbocycles. The first kappa shape index (κ1) is 17.6. The Bertz CT molecular complexity index is 686. The maximum absolute atomic E-state index is 12.1. The molecule has 0 bridgehead atoms. The summed E-state index contributed by atoms with van der Waals surface area (Å²) >= 11 is 0. The van der Waals surface area contributed by atoms with Crippen molar-refractivity contribution in [3.8, 4) is 0 Å². The van der Waals surface area contributed by atoms with Gasteiger partial charge in [0.05, 0.1) is 18.3 Å². The molecule has 2 heterocycles. The lowest BCUT2D eigenvalue weighted by Gasteiger charge is -2.15. The molecule has 25 heavy (non-hydrogen) atoms. The van der Waals surface area contributed by atoms with Crippen LogP contribution in [0.3, 0.4) is 0 Å². The molecule has 1 amide bonds. The van der Waals surface area contributed by atoms with Crippen molar-refractivity contribution in [3.63, 3.8) is 0 Å². The number of carbonyl (C=O) groups excluding carboxylic acids is 1. The van der Waals surface area contributed by atoms with Gasteiger partial charge in [-0.15, -0.1) is 0 Å². The van der Waals surface area contributed by atoms with Gasteiger partial charge in [0.2, 0.25) is 5.91 Å². The molecule has 1 aliphatic rings. The molecule has 0 radical (unpaired) electrons. The molecule has 1 fully saturated rings. The van der Waals surface area contributed by atoms with Crippen LogP contribution in [0.15, 0.2) is 36.4 Å². The van der Waals surface area contributed by atoms with Gasteiger partial charge in [0.25, 0.3) is 0 Å². The highest BCUT2D eigenvalue weighted by molar-refractivity contribution is 5.78. The smallest absolute Gasteiger partial charge is 0.234 e. The van der Waals surface area contributed by atoms with Crippen molar-refractivity contribution in [3.05, 3.63) is 53.3 Å². The predicted molar refractivity (Wildman–Crippen MR) is 96.1 cm³/mol.